The second-order valence-electron chi connectivity index (χ2n) is 4.85. The second kappa shape index (κ2) is 8.51. The molecule has 0 spiro atoms. The highest BCUT2D eigenvalue weighted by Gasteiger charge is 2.21. The number of hydrogen-bond acceptors (Lipinski definition) is 4. The van der Waals surface area contributed by atoms with E-state index >= 15 is 0 Å². The monoisotopic (exact) mass is 255 g/mol. The van der Waals surface area contributed by atoms with E-state index in [1.165, 1.54) is 0 Å². The summed E-state index contributed by atoms with van der Waals surface area (Å²) in [7, 11) is 0. The van der Waals surface area contributed by atoms with Crippen molar-refractivity contribution in [2.75, 3.05) is 0 Å². The molecule has 0 rings (SSSR count). The first-order valence-electron chi connectivity index (χ1n) is 6.18. The number of rotatable bonds is 9. The van der Waals surface area contributed by atoms with Crippen LogP contribution in [0.2, 0.25) is 0 Å². The van der Waals surface area contributed by atoms with Crippen LogP contribution in [-0.2, 0) is 14.3 Å². The lowest BCUT2D eigenvalue weighted by atomic mass is 10.0. The molecule has 0 radical (unpaired) electrons. The Hall–Kier alpha value is -1.57. The fourth-order valence-electron chi connectivity index (χ4n) is 1.55. The van der Waals surface area contributed by atoms with Gasteiger partial charge in [0.2, 0.25) is 0 Å². The highest BCUT2D eigenvalue weighted by molar-refractivity contribution is 5.70. The van der Waals surface area contributed by atoms with Crippen LogP contribution in [0.25, 0.3) is 0 Å². The standard InChI is InChI=1S/C13H21NO4/c1-13(2,9-5-6-10-14)18-12(17)8-4-3-7-11(15)16/h3-9H2,1-2H3,(H,15,16). The number of carboxylic acid groups (broad SMARTS) is 1. The molecule has 18 heavy (non-hydrogen) atoms. The summed E-state index contributed by atoms with van der Waals surface area (Å²) >= 11 is 0. The van der Waals surface area contributed by atoms with Crippen molar-refractivity contribution in [2.24, 2.45) is 0 Å². The molecule has 102 valence electrons. The van der Waals surface area contributed by atoms with Crippen molar-refractivity contribution >= 4 is 11.9 Å². The minimum absolute atomic E-state index is 0.0822. The Morgan fingerprint density at radius 2 is 1.83 bits per heavy atom. The number of nitriles is 1. The zero-order valence-electron chi connectivity index (χ0n) is 11.1. The molecule has 0 atom stereocenters. The number of nitrogens with zero attached hydrogens (tertiary/aromatic N) is 1. The predicted octanol–water partition coefficient (Wildman–Crippen LogP) is 2.65. The topological polar surface area (TPSA) is 87.4 Å². The van der Waals surface area contributed by atoms with Gasteiger partial charge in [-0.15, -0.1) is 0 Å². The smallest absolute Gasteiger partial charge is 0.306 e. The van der Waals surface area contributed by atoms with Crippen LogP contribution < -0.4 is 0 Å². The van der Waals surface area contributed by atoms with Gasteiger partial charge < -0.3 is 9.84 Å². The summed E-state index contributed by atoms with van der Waals surface area (Å²) in [5, 5.41) is 16.9. The maximum atomic E-state index is 11.5. The largest absolute Gasteiger partial charge is 0.481 e. The highest BCUT2D eigenvalue weighted by atomic mass is 16.6. The number of esters is 1. The summed E-state index contributed by atoms with van der Waals surface area (Å²) < 4.78 is 5.30. The molecular weight excluding hydrogens is 234 g/mol. The Morgan fingerprint density at radius 3 is 2.39 bits per heavy atom. The Kier molecular flexibility index (Phi) is 7.77. The van der Waals surface area contributed by atoms with Gasteiger partial charge in [-0.05, 0) is 39.5 Å². The number of unbranched alkanes of at least 4 members (excludes halogenated alkanes) is 2. The van der Waals surface area contributed by atoms with E-state index in [0.717, 1.165) is 0 Å². The lowest BCUT2D eigenvalue weighted by molar-refractivity contribution is -0.157. The maximum Gasteiger partial charge on any atom is 0.306 e. The van der Waals surface area contributed by atoms with Gasteiger partial charge in [0.15, 0.2) is 0 Å². The third kappa shape index (κ3) is 9.64. The molecule has 0 aromatic carbocycles. The Morgan fingerprint density at radius 1 is 1.22 bits per heavy atom. The molecule has 0 saturated heterocycles. The van der Waals surface area contributed by atoms with Crippen LogP contribution in [0, 0.1) is 11.3 Å². The van der Waals surface area contributed by atoms with Gasteiger partial charge in [0.05, 0.1) is 6.07 Å². The third-order valence-corrected chi connectivity index (χ3v) is 2.48. The molecule has 0 bridgehead atoms. The molecule has 0 fully saturated rings. The van der Waals surface area contributed by atoms with Crippen molar-refractivity contribution in [3.05, 3.63) is 0 Å². The SMILES string of the molecule is CC(C)(CCCC#N)OC(=O)CCCCC(=O)O. The van der Waals surface area contributed by atoms with Crippen molar-refractivity contribution in [3.63, 3.8) is 0 Å². The number of ether oxygens (including phenoxy) is 1. The molecule has 1 N–H and O–H groups in total. The average molecular weight is 255 g/mol. The van der Waals surface area contributed by atoms with E-state index in [0.29, 0.717) is 32.1 Å². The first kappa shape index (κ1) is 16.4. The Balaban J connectivity index is 3.78. The number of carboxylic acids is 1. The Bertz CT molecular complexity index is 317. The third-order valence-electron chi connectivity index (χ3n) is 2.48. The van der Waals surface area contributed by atoms with Crippen molar-refractivity contribution in [2.45, 2.75) is 64.4 Å². The van der Waals surface area contributed by atoms with Crippen LogP contribution in [0.1, 0.15) is 58.8 Å². The van der Waals surface area contributed by atoms with Gasteiger partial charge in [-0.3, -0.25) is 9.59 Å². The normalized spacial score (nSPS) is 10.7. The number of hydrogen-bond donors (Lipinski definition) is 1. The molecule has 0 heterocycles. The number of carbonyl (C=O) groups is 2. The van der Waals surface area contributed by atoms with Gasteiger partial charge in [-0.25, -0.2) is 0 Å². The molecular formula is C13H21NO4. The molecule has 5 heteroatoms. The lowest BCUT2D eigenvalue weighted by Crippen LogP contribution is -2.27. The van der Waals surface area contributed by atoms with Crippen LogP contribution in [0.15, 0.2) is 0 Å². The van der Waals surface area contributed by atoms with E-state index in [4.69, 9.17) is 15.1 Å². The van der Waals surface area contributed by atoms with Crippen molar-refractivity contribution in [1.29, 1.82) is 5.26 Å². The molecule has 0 saturated carbocycles. The fourth-order valence-corrected chi connectivity index (χ4v) is 1.55. The van der Waals surface area contributed by atoms with Gasteiger partial charge in [0, 0.05) is 19.3 Å². The first-order chi connectivity index (χ1) is 8.37. The van der Waals surface area contributed by atoms with Crippen LogP contribution in [0.4, 0.5) is 0 Å². The summed E-state index contributed by atoms with van der Waals surface area (Å²) in [5.41, 5.74) is -0.555. The summed E-state index contributed by atoms with van der Waals surface area (Å²) in [5.74, 6) is -1.15. The predicted molar refractivity (Wildman–Crippen MR) is 65.7 cm³/mol. The van der Waals surface area contributed by atoms with E-state index in [1.54, 1.807) is 0 Å². The van der Waals surface area contributed by atoms with Crippen LogP contribution >= 0.6 is 0 Å². The minimum atomic E-state index is -0.847. The van der Waals surface area contributed by atoms with Crippen molar-refractivity contribution in [1.82, 2.24) is 0 Å². The molecule has 0 amide bonds. The fraction of sp³-hybridized carbons (Fsp3) is 0.769. The van der Waals surface area contributed by atoms with Crippen LogP contribution in [0.3, 0.4) is 0 Å². The number of aliphatic carboxylic acids is 1. The van der Waals surface area contributed by atoms with Gasteiger partial charge in [-0.2, -0.15) is 5.26 Å². The van der Waals surface area contributed by atoms with Crippen LogP contribution in [-0.4, -0.2) is 22.6 Å². The molecule has 0 aromatic heterocycles. The quantitative estimate of drug-likeness (QED) is 0.505. The summed E-state index contributed by atoms with van der Waals surface area (Å²) in [6.07, 6.45) is 3.16. The molecule has 0 aromatic rings. The van der Waals surface area contributed by atoms with E-state index < -0.39 is 11.6 Å². The maximum absolute atomic E-state index is 11.5. The van der Waals surface area contributed by atoms with Gasteiger partial charge in [0.1, 0.15) is 5.60 Å². The highest BCUT2D eigenvalue weighted by Crippen LogP contribution is 2.19. The van der Waals surface area contributed by atoms with E-state index in [2.05, 4.69) is 0 Å². The zero-order valence-corrected chi connectivity index (χ0v) is 11.1. The molecule has 5 nitrogen and oxygen atoms in total. The minimum Gasteiger partial charge on any atom is -0.481 e. The molecule has 0 aliphatic rings. The van der Waals surface area contributed by atoms with Crippen molar-refractivity contribution < 1.29 is 19.4 Å². The zero-order chi connectivity index (χ0) is 14.0. The first-order valence-corrected chi connectivity index (χ1v) is 6.18. The average Bonchev–Trinajstić information content (AvgIpc) is 2.23. The molecule has 0 aliphatic heterocycles. The summed E-state index contributed by atoms with van der Waals surface area (Å²) in [6, 6.07) is 2.05. The number of carbonyl (C=O) groups excluding carboxylic acids is 1. The van der Waals surface area contributed by atoms with E-state index in [-0.39, 0.29) is 18.8 Å². The molecule has 0 unspecified atom stereocenters. The summed E-state index contributed by atoms with van der Waals surface area (Å²) in [6.45, 7) is 3.64. The Labute approximate surface area is 108 Å². The summed E-state index contributed by atoms with van der Waals surface area (Å²) in [4.78, 5) is 21.8. The van der Waals surface area contributed by atoms with Crippen LogP contribution in [0.5, 0.6) is 0 Å². The molecule has 0 aliphatic carbocycles. The van der Waals surface area contributed by atoms with E-state index in [1.807, 2.05) is 19.9 Å². The van der Waals surface area contributed by atoms with Gasteiger partial charge >= 0.3 is 11.9 Å². The second-order valence-corrected chi connectivity index (χ2v) is 4.85. The van der Waals surface area contributed by atoms with Crippen molar-refractivity contribution in [3.8, 4) is 6.07 Å². The van der Waals surface area contributed by atoms with Gasteiger partial charge in [-0.1, -0.05) is 0 Å². The lowest BCUT2D eigenvalue weighted by Gasteiger charge is -2.24. The van der Waals surface area contributed by atoms with Gasteiger partial charge in [0.25, 0.3) is 0 Å². The van der Waals surface area contributed by atoms with E-state index in [9.17, 15) is 9.59 Å².